The van der Waals surface area contributed by atoms with E-state index in [1.807, 2.05) is 7.05 Å². The van der Waals surface area contributed by atoms with Crippen molar-refractivity contribution < 1.29 is 4.74 Å². The van der Waals surface area contributed by atoms with Crippen molar-refractivity contribution in [1.29, 1.82) is 0 Å². The number of anilines is 1. The van der Waals surface area contributed by atoms with Crippen molar-refractivity contribution in [3.05, 3.63) is 0 Å². The molecule has 0 amide bonds. The van der Waals surface area contributed by atoms with Crippen LogP contribution in [0.3, 0.4) is 0 Å². The minimum absolute atomic E-state index is 0.749. The third-order valence-electron chi connectivity index (χ3n) is 3.41. The van der Waals surface area contributed by atoms with Crippen molar-refractivity contribution in [2.45, 2.75) is 12.8 Å². The molecule has 1 N–H and O–H groups in total. The highest BCUT2D eigenvalue weighted by molar-refractivity contribution is 5.28. The van der Waals surface area contributed by atoms with E-state index >= 15 is 0 Å². The third-order valence-corrected chi connectivity index (χ3v) is 3.41. The fraction of sp³-hybridized carbons (Fsp3) is 0.909. The van der Waals surface area contributed by atoms with Gasteiger partial charge in [0.2, 0.25) is 5.95 Å². The maximum absolute atomic E-state index is 5.01. The second-order valence-corrected chi connectivity index (χ2v) is 4.73. The average molecular weight is 254 g/mol. The van der Waals surface area contributed by atoms with Crippen LogP contribution < -0.4 is 10.2 Å². The number of aryl methyl sites for hydroxylation is 1. The smallest absolute Gasteiger partial charge is 0.245 e. The van der Waals surface area contributed by atoms with Crippen molar-refractivity contribution in [3.63, 3.8) is 0 Å². The van der Waals surface area contributed by atoms with Gasteiger partial charge in [0, 0.05) is 33.8 Å². The Labute approximate surface area is 107 Å². The Morgan fingerprint density at radius 2 is 2.17 bits per heavy atom. The van der Waals surface area contributed by atoms with E-state index in [1.165, 1.54) is 12.8 Å². The van der Waals surface area contributed by atoms with Crippen molar-refractivity contribution in [2.75, 3.05) is 44.8 Å². The summed E-state index contributed by atoms with van der Waals surface area (Å²) >= 11 is 0. The number of nitrogens with one attached hydrogen (secondary N) is 1. The van der Waals surface area contributed by atoms with Gasteiger partial charge in [-0.05, 0) is 35.7 Å². The first-order valence-corrected chi connectivity index (χ1v) is 6.48. The lowest BCUT2D eigenvalue weighted by atomic mass is 9.97. The van der Waals surface area contributed by atoms with Gasteiger partial charge in [0.15, 0.2) is 0 Å². The van der Waals surface area contributed by atoms with Crippen LogP contribution in [0.1, 0.15) is 12.8 Å². The minimum Gasteiger partial charge on any atom is -0.383 e. The van der Waals surface area contributed by atoms with Gasteiger partial charge in [-0.25, -0.2) is 4.68 Å². The van der Waals surface area contributed by atoms with E-state index in [1.54, 1.807) is 11.8 Å². The molecule has 1 saturated heterocycles. The molecule has 0 unspecified atom stereocenters. The molecule has 7 heteroatoms. The number of methoxy groups -OCH3 is 1. The summed E-state index contributed by atoms with van der Waals surface area (Å²) in [5.74, 6) is 1.63. The maximum Gasteiger partial charge on any atom is 0.245 e. The number of aromatic nitrogens is 4. The molecule has 2 rings (SSSR count). The van der Waals surface area contributed by atoms with E-state index in [2.05, 4.69) is 25.7 Å². The molecule has 0 aromatic carbocycles. The molecule has 1 aromatic rings. The second-order valence-electron chi connectivity index (χ2n) is 4.73. The summed E-state index contributed by atoms with van der Waals surface area (Å²) in [5.41, 5.74) is 0. The monoisotopic (exact) mass is 254 g/mol. The van der Waals surface area contributed by atoms with Gasteiger partial charge < -0.3 is 15.0 Å². The zero-order valence-corrected chi connectivity index (χ0v) is 11.2. The topological polar surface area (TPSA) is 68.1 Å². The van der Waals surface area contributed by atoms with Crippen LogP contribution in [0.5, 0.6) is 0 Å². The molecular formula is C11H22N6O. The molecule has 1 fully saturated rings. The molecule has 0 bridgehead atoms. The SMILES string of the molecule is COCCNCC1CCN(c2nnnn2C)CC1. The zero-order valence-electron chi connectivity index (χ0n) is 11.2. The van der Waals surface area contributed by atoms with Gasteiger partial charge in [-0.3, -0.25) is 0 Å². The van der Waals surface area contributed by atoms with E-state index < -0.39 is 0 Å². The van der Waals surface area contributed by atoms with Gasteiger partial charge in [0.25, 0.3) is 0 Å². The average Bonchev–Trinajstić information content (AvgIpc) is 2.82. The molecule has 0 aliphatic carbocycles. The number of nitrogens with zero attached hydrogens (tertiary/aromatic N) is 5. The van der Waals surface area contributed by atoms with Crippen molar-refractivity contribution in [1.82, 2.24) is 25.5 Å². The van der Waals surface area contributed by atoms with Crippen molar-refractivity contribution in [2.24, 2.45) is 13.0 Å². The van der Waals surface area contributed by atoms with Crippen LogP contribution in [0.25, 0.3) is 0 Å². The first kappa shape index (κ1) is 13.2. The fourth-order valence-corrected chi connectivity index (χ4v) is 2.31. The number of tetrazole rings is 1. The van der Waals surface area contributed by atoms with Crippen molar-refractivity contribution >= 4 is 5.95 Å². The molecule has 1 aliphatic rings. The number of rotatable bonds is 6. The van der Waals surface area contributed by atoms with Crippen LogP contribution in [-0.2, 0) is 11.8 Å². The molecule has 7 nitrogen and oxygen atoms in total. The largest absolute Gasteiger partial charge is 0.383 e. The highest BCUT2D eigenvalue weighted by Gasteiger charge is 2.21. The summed E-state index contributed by atoms with van der Waals surface area (Å²) in [4.78, 5) is 2.26. The molecular weight excluding hydrogens is 232 g/mol. The Morgan fingerprint density at radius 1 is 1.39 bits per heavy atom. The van der Waals surface area contributed by atoms with Crippen LogP contribution in [0.2, 0.25) is 0 Å². The highest BCUT2D eigenvalue weighted by Crippen LogP contribution is 2.19. The number of hydrogen-bond donors (Lipinski definition) is 1. The van der Waals surface area contributed by atoms with Gasteiger partial charge in [0.05, 0.1) is 6.61 Å². The Kier molecular flexibility index (Phi) is 4.89. The molecule has 1 aliphatic heterocycles. The second kappa shape index (κ2) is 6.65. The first-order valence-electron chi connectivity index (χ1n) is 6.48. The molecule has 18 heavy (non-hydrogen) atoms. The van der Waals surface area contributed by atoms with Gasteiger partial charge >= 0.3 is 0 Å². The summed E-state index contributed by atoms with van der Waals surface area (Å²) < 4.78 is 6.75. The predicted molar refractivity (Wildman–Crippen MR) is 68.5 cm³/mol. The molecule has 2 heterocycles. The molecule has 0 spiro atoms. The van der Waals surface area contributed by atoms with Crippen LogP contribution >= 0.6 is 0 Å². The van der Waals surface area contributed by atoms with E-state index in [0.29, 0.717) is 0 Å². The van der Waals surface area contributed by atoms with Crippen LogP contribution in [-0.4, -0.2) is 60.1 Å². The Hall–Kier alpha value is -1.21. The Morgan fingerprint density at radius 3 is 2.78 bits per heavy atom. The lowest BCUT2D eigenvalue weighted by Crippen LogP contribution is -2.39. The molecule has 1 aromatic heterocycles. The van der Waals surface area contributed by atoms with E-state index in [0.717, 1.165) is 44.7 Å². The number of hydrogen-bond acceptors (Lipinski definition) is 6. The van der Waals surface area contributed by atoms with Gasteiger partial charge in [-0.2, -0.15) is 0 Å². The van der Waals surface area contributed by atoms with Gasteiger partial charge in [-0.15, -0.1) is 0 Å². The maximum atomic E-state index is 5.01. The van der Waals surface area contributed by atoms with E-state index in [-0.39, 0.29) is 0 Å². The van der Waals surface area contributed by atoms with E-state index in [4.69, 9.17) is 4.74 Å². The summed E-state index contributed by atoms with van der Waals surface area (Å²) in [5, 5.41) is 15.0. The molecule has 0 atom stereocenters. The Bertz CT molecular complexity index is 347. The summed E-state index contributed by atoms with van der Waals surface area (Å²) in [6.45, 7) is 4.86. The highest BCUT2D eigenvalue weighted by atomic mass is 16.5. The standard InChI is InChI=1S/C11H22N6O/c1-16-11(13-14-15-16)17-6-3-10(4-7-17)9-12-5-8-18-2/h10,12H,3-9H2,1-2H3. The lowest BCUT2D eigenvalue weighted by molar-refractivity contribution is 0.196. The van der Waals surface area contributed by atoms with Gasteiger partial charge in [-0.1, -0.05) is 5.10 Å². The van der Waals surface area contributed by atoms with Crippen LogP contribution in [0, 0.1) is 5.92 Å². The molecule has 0 saturated carbocycles. The molecule has 0 radical (unpaired) electrons. The quantitative estimate of drug-likeness (QED) is 0.701. The van der Waals surface area contributed by atoms with Gasteiger partial charge in [0.1, 0.15) is 0 Å². The summed E-state index contributed by atoms with van der Waals surface area (Å²) in [6.07, 6.45) is 2.37. The molecule has 102 valence electrons. The Balaban J connectivity index is 1.70. The van der Waals surface area contributed by atoms with Crippen LogP contribution in [0.15, 0.2) is 0 Å². The lowest BCUT2D eigenvalue weighted by Gasteiger charge is -2.31. The predicted octanol–water partition coefficient (Wildman–Crippen LogP) is -0.337. The summed E-state index contributed by atoms with van der Waals surface area (Å²) in [7, 11) is 3.61. The third kappa shape index (κ3) is 3.39. The van der Waals surface area contributed by atoms with Crippen molar-refractivity contribution in [3.8, 4) is 0 Å². The van der Waals surface area contributed by atoms with Crippen LogP contribution in [0.4, 0.5) is 5.95 Å². The first-order chi connectivity index (χ1) is 8.81. The number of ether oxygens (including phenoxy) is 1. The van der Waals surface area contributed by atoms with E-state index in [9.17, 15) is 0 Å². The minimum atomic E-state index is 0.749. The summed E-state index contributed by atoms with van der Waals surface area (Å²) in [6, 6.07) is 0. The normalized spacial score (nSPS) is 17.3. The number of piperidine rings is 1. The fourth-order valence-electron chi connectivity index (χ4n) is 2.31. The zero-order chi connectivity index (χ0) is 12.8.